The molecule has 2 rings (SSSR count). The Labute approximate surface area is 119 Å². The first-order chi connectivity index (χ1) is 9.24. The van der Waals surface area contributed by atoms with Gasteiger partial charge in [0.2, 0.25) is 0 Å². The highest BCUT2D eigenvalue weighted by atomic mass is 35.5. The third-order valence-corrected chi connectivity index (χ3v) is 3.41. The molecule has 0 aromatic heterocycles. The third kappa shape index (κ3) is 5.37. The molecular formula is C14H21ClN2O2. The van der Waals surface area contributed by atoms with Crippen LogP contribution in [0.4, 0.5) is 0 Å². The van der Waals surface area contributed by atoms with E-state index < -0.39 is 6.10 Å². The van der Waals surface area contributed by atoms with Gasteiger partial charge in [-0.2, -0.15) is 0 Å². The Hall–Kier alpha value is -0.810. The quantitative estimate of drug-likeness (QED) is 0.857. The van der Waals surface area contributed by atoms with Gasteiger partial charge in [0.05, 0.1) is 0 Å². The second-order valence-electron chi connectivity index (χ2n) is 4.82. The van der Waals surface area contributed by atoms with Gasteiger partial charge < -0.3 is 15.2 Å². The molecule has 1 aliphatic heterocycles. The molecule has 0 aliphatic carbocycles. The van der Waals surface area contributed by atoms with E-state index in [1.54, 1.807) is 12.1 Å². The summed E-state index contributed by atoms with van der Waals surface area (Å²) in [7, 11) is 0. The van der Waals surface area contributed by atoms with Crippen LogP contribution >= 0.6 is 11.6 Å². The highest BCUT2D eigenvalue weighted by Crippen LogP contribution is 2.15. The number of ether oxygens (including phenoxy) is 1. The zero-order chi connectivity index (χ0) is 13.5. The van der Waals surface area contributed by atoms with Gasteiger partial charge in [0.15, 0.2) is 0 Å². The monoisotopic (exact) mass is 284 g/mol. The molecule has 1 aliphatic rings. The SMILES string of the molecule is OC(COc1ccc(Cl)cc1)CN1CCCNCC1. The van der Waals surface area contributed by atoms with Gasteiger partial charge >= 0.3 is 0 Å². The number of aliphatic hydroxyl groups is 1. The number of nitrogens with one attached hydrogen (secondary N) is 1. The first-order valence-electron chi connectivity index (χ1n) is 6.73. The van der Waals surface area contributed by atoms with Gasteiger partial charge in [0, 0.05) is 24.7 Å². The Morgan fingerprint density at radius 2 is 2.05 bits per heavy atom. The van der Waals surface area contributed by atoms with E-state index in [4.69, 9.17) is 16.3 Å². The normalized spacial score (nSPS) is 18.8. The number of benzene rings is 1. The molecule has 2 N–H and O–H groups in total. The third-order valence-electron chi connectivity index (χ3n) is 3.16. The smallest absolute Gasteiger partial charge is 0.119 e. The average molecular weight is 285 g/mol. The van der Waals surface area contributed by atoms with Gasteiger partial charge in [-0.25, -0.2) is 0 Å². The Balaban J connectivity index is 1.71. The van der Waals surface area contributed by atoms with Crippen molar-refractivity contribution in [3.8, 4) is 5.75 Å². The highest BCUT2D eigenvalue weighted by molar-refractivity contribution is 6.30. The molecule has 1 unspecified atom stereocenters. The molecular weight excluding hydrogens is 264 g/mol. The number of nitrogens with zero attached hydrogens (tertiary/aromatic N) is 1. The van der Waals surface area contributed by atoms with Crippen LogP contribution in [-0.2, 0) is 0 Å². The Morgan fingerprint density at radius 1 is 1.26 bits per heavy atom. The summed E-state index contributed by atoms with van der Waals surface area (Å²) < 4.78 is 5.54. The lowest BCUT2D eigenvalue weighted by atomic mass is 10.3. The van der Waals surface area contributed by atoms with E-state index in [0.29, 0.717) is 18.2 Å². The van der Waals surface area contributed by atoms with E-state index in [1.165, 1.54) is 0 Å². The van der Waals surface area contributed by atoms with E-state index in [-0.39, 0.29) is 0 Å². The number of rotatable bonds is 5. The van der Waals surface area contributed by atoms with Crippen molar-refractivity contribution in [3.05, 3.63) is 29.3 Å². The molecule has 4 nitrogen and oxygen atoms in total. The molecule has 0 spiro atoms. The maximum atomic E-state index is 10.00. The molecule has 1 atom stereocenters. The van der Waals surface area contributed by atoms with Gasteiger partial charge in [-0.1, -0.05) is 11.6 Å². The maximum absolute atomic E-state index is 10.00. The van der Waals surface area contributed by atoms with Crippen molar-refractivity contribution in [2.45, 2.75) is 12.5 Å². The van der Waals surface area contributed by atoms with Gasteiger partial charge in [-0.3, -0.25) is 4.90 Å². The summed E-state index contributed by atoms with van der Waals surface area (Å²) >= 11 is 5.80. The standard InChI is InChI=1S/C14H21ClN2O2/c15-12-2-4-14(5-3-12)19-11-13(18)10-17-8-1-6-16-7-9-17/h2-5,13,16,18H,1,6-11H2. The second-order valence-corrected chi connectivity index (χ2v) is 5.26. The van der Waals surface area contributed by atoms with E-state index in [2.05, 4.69) is 10.2 Å². The van der Waals surface area contributed by atoms with Crippen LogP contribution in [0.2, 0.25) is 5.02 Å². The first kappa shape index (κ1) is 14.6. The van der Waals surface area contributed by atoms with E-state index in [9.17, 15) is 5.11 Å². The molecule has 5 heteroatoms. The van der Waals surface area contributed by atoms with Crippen molar-refractivity contribution in [2.75, 3.05) is 39.3 Å². The van der Waals surface area contributed by atoms with Crippen LogP contribution in [0.1, 0.15) is 6.42 Å². The van der Waals surface area contributed by atoms with E-state index in [0.717, 1.165) is 38.3 Å². The minimum atomic E-state index is -0.464. The molecule has 1 heterocycles. The fourth-order valence-electron chi connectivity index (χ4n) is 2.16. The van der Waals surface area contributed by atoms with Gasteiger partial charge in [-0.15, -0.1) is 0 Å². The van der Waals surface area contributed by atoms with Crippen molar-refractivity contribution in [1.29, 1.82) is 0 Å². The van der Waals surface area contributed by atoms with Gasteiger partial charge in [-0.05, 0) is 43.8 Å². The van der Waals surface area contributed by atoms with E-state index in [1.807, 2.05) is 12.1 Å². The Bertz CT molecular complexity index is 364. The minimum Gasteiger partial charge on any atom is -0.491 e. The molecule has 106 valence electrons. The number of β-amino-alcohol motifs (C(OH)–C–C–N with tert-alkyl or cyclic N) is 1. The van der Waals surface area contributed by atoms with Crippen LogP contribution in [0.5, 0.6) is 5.75 Å². The maximum Gasteiger partial charge on any atom is 0.119 e. The van der Waals surface area contributed by atoms with E-state index >= 15 is 0 Å². The topological polar surface area (TPSA) is 44.7 Å². The van der Waals surface area contributed by atoms with Crippen molar-refractivity contribution in [1.82, 2.24) is 10.2 Å². The number of hydrogen-bond acceptors (Lipinski definition) is 4. The van der Waals surface area contributed by atoms with Crippen LogP contribution in [0.15, 0.2) is 24.3 Å². The van der Waals surface area contributed by atoms with Gasteiger partial charge in [0.25, 0.3) is 0 Å². The predicted octanol–water partition coefficient (Wildman–Crippen LogP) is 1.38. The Morgan fingerprint density at radius 3 is 2.84 bits per heavy atom. The fourth-order valence-corrected chi connectivity index (χ4v) is 2.28. The zero-order valence-electron chi connectivity index (χ0n) is 11.0. The molecule has 0 radical (unpaired) electrons. The molecule has 1 aromatic rings. The number of halogens is 1. The summed E-state index contributed by atoms with van der Waals surface area (Å²) in [5, 5.41) is 14.0. The average Bonchev–Trinajstić information content (AvgIpc) is 2.67. The van der Waals surface area contributed by atoms with Crippen molar-refractivity contribution in [3.63, 3.8) is 0 Å². The summed E-state index contributed by atoms with van der Waals surface area (Å²) in [5.41, 5.74) is 0. The van der Waals surface area contributed by atoms with Crippen molar-refractivity contribution in [2.24, 2.45) is 0 Å². The molecule has 0 bridgehead atoms. The molecule has 0 amide bonds. The minimum absolute atomic E-state index is 0.311. The summed E-state index contributed by atoms with van der Waals surface area (Å²) in [4.78, 5) is 2.27. The largest absolute Gasteiger partial charge is 0.491 e. The van der Waals surface area contributed by atoms with Crippen LogP contribution in [-0.4, -0.2) is 55.4 Å². The lowest BCUT2D eigenvalue weighted by Gasteiger charge is -2.22. The van der Waals surface area contributed by atoms with Crippen molar-refractivity contribution >= 4 is 11.6 Å². The number of hydrogen-bond donors (Lipinski definition) is 2. The van der Waals surface area contributed by atoms with Crippen LogP contribution in [0.25, 0.3) is 0 Å². The summed E-state index contributed by atoms with van der Waals surface area (Å²) in [6.07, 6.45) is 0.666. The summed E-state index contributed by atoms with van der Waals surface area (Å²) in [5.74, 6) is 0.737. The lowest BCUT2D eigenvalue weighted by molar-refractivity contribution is 0.0703. The van der Waals surface area contributed by atoms with Gasteiger partial charge in [0.1, 0.15) is 18.5 Å². The fraction of sp³-hybridized carbons (Fsp3) is 0.571. The molecule has 1 fully saturated rings. The second kappa shape index (κ2) is 7.70. The predicted molar refractivity (Wildman–Crippen MR) is 76.9 cm³/mol. The molecule has 1 saturated heterocycles. The molecule has 19 heavy (non-hydrogen) atoms. The van der Waals surface area contributed by atoms with Crippen LogP contribution in [0, 0.1) is 0 Å². The molecule has 0 saturated carbocycles. The van der Waals surface area contributed by atoms with Crippen LogP contribution < -0.4 is 10.1 Å². The highest BCUT2D eigenvalue weighted by Gasteiger charge is 2.13. The zero-order valence-corrected chi connectivity index (χ0v) is 11.8. The van der Waals surface area contributed by atoms with Crippen LogP contribution in [0.3, 0.4) is 0 Å². The van der Waals surface area contributed by atoms with Crippen molar-refractivity contribution < 1.29 is 9.84 Å². The molecule has 1 aromatic carbocycles. The first-order valence-corrected chi connectivity index (χ1v) is 7.11. The summed E-state index contributed by atoms with van der Waals surface area (Å²) in [6, 6.07) is 7.18. The summed E-state index contributed by atoms with van der Waals surface area (Å²) in [6.45, 7) is 5.04. The lowest BCUT2D eigenvalue weighted by Crippen LogP contribution is -2.37. The Kier molecular flexibility index (Phi) is 5.92. The number of aliphatic hydroxyl groups excluding tert-OH is 1.